The lowest BCUT2D eigenvalue weighted by Gasteiger charge is -2.14. The van der Waals surface area contributed by atoms with Gasteiger partial charge >= 0.3 is 0 Å². The van der Waals surface area contributed by atoms with Crippen molar-refractivity contribution in [1.82, 2.24) is 0 Å². The van der Waals surface area contributed by atoms with E-state index in [4.69, 9.17) is 16.3 Å². The van der Waals surface area contributed by atoms with Crippen LogP contribution in [0.3, 0.4) is 0 Å². The molecule has 1 unspecified atom stereocenters. The van der Waals surface area contributed by atoms with E-state index in [0.717, 1.165) is 31.1 Å². The van der Waals surface area contributed by atoms with Crippen LogP contribution in [0.1, 0.15) is 55.0 Å². The summed E-state index contributed by atoms with van der Waals surface area (Å²) in [6, 6.07) is 6.47. The number of halogens is 1. The normalized spacial score (nSPS) is 20.7. The van der Waals surface area contributed by atoms with Gasteiger partial charge in [-0.2, -0.15) is 0 Å². The molecule has 1 aliphatic heterocycles. The van der Waals surface area contributed by atoms with Gasteiger partial charge in [0.15, 0.2) is 0 Å². The van der Waals surface area contributed by atoms with Gasteiger partial charge in [0.2, 0.25) is 0 Å². The molecule has 1 saturated carbocycles. The number of ether oxygens (including phenoxy) is 1. The molecular weight excluding hydrogens is 244 g/mol. The second-order valence-corrected chi connectivity index (χ2v) is 6.19. The highest BCUT2D eigenvalue weighted by atomic mass is 35.5. The zero-order valence-electron chi connectivity index (χ0n) is 10.8. The van der Waals surface area contributed by atoms with Crippen LogP contribution in [0.15, 0.2) is 18.2 Å². The number of benzene rings is 1. The van der Waals surface area contributed by atoms with Crippen LogP contribution in [0.2, 0.25) is 0 Å². The summed E-state index contributed by atoms with van der Waals surface area (Å²) in [6.07, 6.45) is 9.13. The van der Waals surface area contributed by atoms with Gasteiger partial charge in [0, 0.05) is 6.42 Å². The summed E-state index contributed by atoms with van der Waals surface area (Å²) in [4.78, 5) is 0. The van der Waals surface area contributed by atoms with E-state index in [0.29, 0.717) is 0 Å². The van der Waals surface area contributed by atoms with Crippen molar-refractivity contribution in [3.63, 3.8) is 0 Å². The maximum atomic E-state index is 6.55. The molecule has 1 atom stereocenters. The Morgan fingerprint density at radius 1 is 1.28 bits per heavy atom. The molecule has 1 aromatic rings. The first-order valence-electron chi connectivity index (χ1n) is 7.22. The fourth-order valence-electron chi connectivity index (χ4n) is 3.25. The smallest absolute Gasteiger partial charge is 0.122 e. The third-order valence-corrected chi connectivity index (χ3v) is 4.85. The van der Waals surface area contributed by atoms with Gasteiger partial charge in [-0.3, -0.25) is 0 Å². The van der Waals surface area contributed by atoms with Crippen LogP contribution in [0.4, 0.5) is 0 Å². The van der Waals surface area contributed by atoms with Crippen molar-refractivity contribution in [2.45, 2.75) is 50.3 Å². The van der Waals surface area contributed by atoms with E-state index < -0.39 is 0 Å². The molecule has 3 rings (SSSR count). The minimum Gasteiger partial charge on any atom is -0.493 e. The molecule has 1 nitrogen and oxygen atoms in total. The van der Waals surface area contributed by atoms with Gasteiger partial charge in [0.1, 0.15) is 5.75 Å². The van der Waals surface area contributed by atoms with Gasteiger partial charge in [-0.15, -0.1) is 11.6 Å². The standard InChI is InChI=1S/C16H21ClO/c17-15(7-5-12-3-1-2-4-12)13-6-8-16-14(11-13)9-10-18-16/h6,8,11-12,15H,1-5,7,9-10H2. The third-order valence-electron chi connectivity index (χ3n) is 4.38. The molecule has 2 aliphatic rings. The molecule has 0 radical (unpaired) electrons. The second-order valence-electron chi connectivity index (χ2n) is 5.66. The molecule has 0 saturated heterocycles. The van der Waals surface area contributed by atoms with Crippen molar-refractivity contribution >= 4 is 11.6 Å². The highest BCUT2D eigenvalue weighted by molar-refractivity contribution is 6.20. The Morgan fingerprint density at radius 2 is 2.11 bits per heavy atom. The fraction of sp³-hybridized carbons (Fsp3) is 0.625. The van der Waals surface area contributed by atoms with Crippen LogP contribution in [0.25, 0.3) is 0 Å². The SMILES string of the molecule is ClC(CCC1CCCC1)c1ccc2c(c1)CCO2. The molecule has 1 fully saturated rings. The molecule has 0 bridgehead atoms. The first-order chi connectivity index (χ1) is 8.83. The minimum atomic E-state index is 0.177. The third kappa shape index (κ3) is 2.66. The average Bonchev–Trinajstić information content (AvgIpc) is 3.05. The van der Waals surface area contributed by atoms with E-state index in [1.807, 2.05) is 0 Å². The molecule has 1 aliphatic carbocycles. The Bertz CT molecular complexity index is 410. The molecule has 0 aromatic heterocycles. The molecule has 1 aromatic carbocycles. The Hall–Kier alpha value is -0.690. The zero-order chi connectivity index (χ0) is 12.4. The quantitative estimate of drug-likeness (QED) is 0.705. The summed E-state index contributed by atoms with van der Waals surface area (Å²) in [7, 11) is 0. The highest BCUT2D eigenvalue weighted by Gasteiger charge is 2.19. The van der Waals surface area contributed by atoms with Gasteiger partial charge < -0.3 is 4.74 Å². The van der Waals surface area contributed by atoms with Gasteiger partial charge in [0.25, 0.3) is 0 Å². The summed E-state index contributed by atoms with van der Waals surface area (Å²) >= 11 is 6.55. The van der Waals surface area contributed by atoms with Crippen LogP contribution in [-0.2, 0) is 6.42 Å². The van der Waals surface area contributed by atoms with Crippen LogP contribution in [-0.4, -0.2) is 6.61 Å². The second kappa shape index (κ2) is 5.52. The topological polar surface area (TPSA) is 9.23 Å². The average molecular weight is 265 g/mol. The summed E-state index contributed by atoms with van der Waals surface area (Å²) in [5.41, 5.74) is 2.61. The van der Waals surface area contributed by atoms with Crippen molar-refractivity contribution in [2.24, 2.45) is 5.92 Å². The predicted molar refractivity (Wildman–Crippen MR) is 75.4 cm³/mol. The van der Waals surface area contributed by atoms with Gasteiger partial charge in [-0.05, 0) is 36.0 Å². The van der Waals surface area contributed by atoms with Crippen molar-refractivity contribution in [3.8, 4) is 5.75 Å². The fourth-order valence-corrected chi connectivity index (χ4v) is 3.51. The van der Waals surface area contributed by atoms with E-state index in [1.54, 1.807) is 0 Å². The van der Waals surface area contributed by atoms with E-state index in [-0.39, 0.29) is 5.38 Å². The van der Waals surface area contributed by atoms with Crippen LogP contribution < -0.4 is 4.74 Å². The molecule has 18 heavy (non-hydrogen) atoms. The van der Waals surface area contributed by atoms with Crippen LogP contribution >= 0.6 is 11.6 Å². The van der Waals surface area contributed by atoms with E-state index in [1.165, 1.54) is 43.2 Å². The number of hydrogen-bond donors (Lipinski definition) is 0. The number of fused-ring (bicyclic) bond motifs is 1. The maximum absolute atomic E-state index is 6.55. The summed E-state index contributed by atoms with van der Waals surface area (Å²) in [5, 5.41) is 0.177. The van der Waals surface area contributed by atoms with E-state index in [2.05, 4.69) is 18.2 Å². The van der Waals surface area contributed by atoms with Gasteiger partial charge in [-0.1, -0.05) is 37.8 Å². The summed E-state index contributed by atoms with van der Waals surface area (Å²) in [6.45, 7) is 0.827. The van der Waals surface area contributed by atoms with Crippen LogP contribution in [0, 0.1) is 5.92 Å². The molecule has 0 spiro atoms. The predicted octanol–water partition coefficient (Wildman–Crippen LogP) is 4.87. The van der Waals surface area contributed by atoms with E-state index in [9.17, 15) is 0 Å². The summed E-state index contributed by atoms with van der Waals surface area (Å²) < 4.78 is 5.53. The monoisotopic (exact) mass is 264 g/mol. The van der Waals surface area contributed by atoms with Crippen molar-refractivity contribution in [1.29, 1.82) is 0 Å². The first-order valence-corrected chi connectivity index (χ1v) is 7.66. The zero-order valence-corrected chi connectivity index (χ0v) is 11.6. The van der Waals surface area contributed by atoms with Gasteiger partial charge in [-0.25, -0.2) is 0 Å². The Labute approximate surface area is 114 Å². The molecule has 1 heterocycles. The van der Waals surface area contributed by atoms with Crippen molar-refractivity contribution < 1.29 is 4.74 Å². The Kier molecular flexibility index (Phi) is 3.79. The number of rotatable bonds is 4. The lowest BCUT2D eigenvalue weighted by atomic mass is 9.97. The van der Waals surface area contributed by atoms with Gasteiger partial charge in [0.05, 0.1) is 12.0 Å². The lowest BCUT2D eigenvalue weighted by molar-refractivity contribution is 0.357. The molecule has 0 amide bonds. The van der Waals surface area contributed by atoms with Crippen molar-refractivity contribution in [2.75, 3.05) is 6.61 Å². The number of alkyl halides is 1. The Balaban J connectivity index is 1.59. The first kappa shape index (κ1) is 12.3. The summed E-state index contributed by atoms with van der Waals surface area (Å²) in [5.74, 6) is 1.99. The maximum Gasteiger partial charge on any atom is 0.122 e. The van der Waals surface area contributed by atoms with Crippen molar-refractivity contribution in [3.05, 3.63) is 29.3 Å². The molecular formula is C16H21ClO. The van der Waals surface area contributed by atoms with E-state index >= 15 is 0 Å². The lowest BCUT2D eigenvalue weighted by Crippen LogP contribution is -1.98. The highest BCUT2D eigenvalue weighted by Crippen LogP contribution is 2.36. The molecule has 2 heteroatoms. The van der Waals surface area contributed by atoms with Crippen LogP contribution in [0.5, 0.6) is 5.75 Å². The number of hydrogen-bond acceptors (Lipinski definition) is 1. The molecule has 98 valence electrons. The Morgan fingerprint density at radius 3 is 2.94 bits per heavy atom. The molecule has 0 N–H and O–H groups in total. The minimum absolute atomic E-state index is 0.177. The largest absolute Gasteiger partial charge is 0.493 e.